The normalized spacial score (nSPS) is 10.4. The Morgan fingerprint density at radius 1 is 1.39 bits per heavy atom. The first-order chi connectivity index (χ1) is 8.50. The fourth-order valence-electron chi connectivity index (χ4n) is 1.37. The fraction of sp³-hybridized carbons (Fsp3) is 0.417. The molecule has 1 N–H and O–H groups in total. The lowest BCUT2D eigenvalue weighted by Crippen LogP contribution is -2.41. The first-order valence-corrected chi connectivity index (χ1v) is 6.53. The lowest BCUT2D eigenvalue weighted by Gasteiger charge is -2.24. The predicted octanol–water partition coefficient (Wildman–Crippen LogP) is 1.50. The molecule has 1 heterocycles. The van der Waals surface area contributed by atoms with Crippen molar-refractivity contribution in [3.05, 3.63) is 24.5 Å². The van der Waals surface area contributed by atoms with Crippen molar-refractivity contribution in [3.63, 3.8) is 0 Å². The van der Waals surface area contributed by atoms with Gasteiger partial charge in [-0.25, -0.2) is 0 Å². The quantitative estimate of drug-likeness (QED) is 0.792. The summed E-state index contributed by atoms with van der Waals surface area (Å²) in [5.41, 5.74) is 0. The van der Waals surface area contributed by atoms with Crippen LogP contribution in [0.25, 0.3) is 0 Å². The Hall–Kier alpha value is -1.56. The highest BCUT2D eigenvalue weighted by atomic mass is 32.2. The van der Waals surface area contributed by atoms with Gasteiger partial charge in [-0.05, 0) is 26.0 Å². The highest BCUT2D eigenvalue weighted by Gasteiger charge is 2.19. The van der Waals surface area contributed by atoms with Crippen LogP contribution in [0.2, 0.25) is 0 Å². The van der Waals surface area contributed by atoms with E-state index < -0.39 is 5.97 Å². The van der Waals surface area contributed by atoms with E-state index in [0.29, 0.717) is 0 Å². The van der Waals surface area contributed by atoms with Crippen molar-refractivity contribution in [3.8, 4) is 0 Å². The van der Waals surface area contributed by atoms with Crippen molar-refractivity contribution in [2.75, 3.05) is 12.3 Å². The number of carboxylic acids is 1. The summed E-state index contributed by atoms with van der Waals surface area (Å²) in [6.07, 6.45) is 3.31. The van der Waals surface area contributed by atoms with E-state index in [9.17, 15) is 9.59 Å². The number of carbonyl (C=O) groups excluding carboxylic acids is 1. The number of rotatable bonds is 6. The van der Waals surface area contributed by atoms with E-state index in [1.165, 1.54) is 16.7 Å². The lowest BCUT2D eigenvalue weighted by atomic mass is 10.3. The summed E-state index contributed by atoms with van der Waals surface area (Å²) in [6, 6.07) is 3.51. The van der Waals surface area contributed by atoms with Crippen molar-refractivity contribution in [2.24, 2.45) is 0 Å². The molecule has 1 aromatic rings. The van der Waals surface area contributed by atoms with Crippen LogP contribution < -0.4 is 0 Å². The third-order valence-electron chi connectivity index (χ3n) is 2.26. The minimum atomic E-state index is -0.994. The fourth-order valence-corrected chi connectivity index (χ4v) is 2.14. The highest BCUT2D eigenvalue weighted by Crippen LogP contribution is 2.17. The molecule has 0 saturated heterocycles. The molecule has 1 rings (SSSR count). The Kier molecular flexibility index (Phi) is 5.64. The number of nitrogens with zero attached hydrogens (tertiary/aromatic N) is 2. The number of amides is 1. The average molecular weight is 268 g/mol. The minimum absolute atomic E-state index is 0.119. The van der Waals surface area contributed by atoms with Gasteiger partial charge in [0.2, 0.25) is 5.91 Å². The Morgan fingerprint density at radius 2 is 2.00 bits per heavy atom. The van der Waals surface area contributed by atoms with Gasteiger partial charge < -0.3 is 10.0 Å². The van der Waals surface area contributed by atoms with E-state index in [0.717, 1.165) is 4.90 Å². The summed E-state index contributed by atoms with van der Waals surface area (Å²) in [5, 5.41) is 8.76. The van der Waals surface area contributed by atoms with Crippen LogP contribution in [-0.4, -0.2) is 45.2 Å². The van der Waals surface area contributed by atoms with Gasteiger partial charge in [0.15, 0.2) is 0 Å². The second-order valence-electron chi connectivity index (χ2n) is 3.98. The van der Waals surface area contributed by atoms with Gasteiger partial charge in [-0.1, -0.05) is 0 Å². The van der Waals surface area contributed by atoms with Crippen molar-refractivity contribution in [2.45, 2.75) is 24.8 Å². The van der Waals surface area contributed by atoms with Gasteiger partial charge in [0.05, 0.1) is 5.75 Å². The summed E-state index contributed by atoms with van der Waals surface area (Å²) in [7, 11) is 0. The summed E-state index contributed by atoms with van der Waals surface area (Å²) < 4.78 is 0. The predicted molar refractivity (Wildman–Crippen MR) is 69.4 cm³/mol. The largest absolute Gasteiger partial charge is 0.480 e. The van der Waals surface area contributed by atoms with Gasteiger partial charge in [-0.2, -0.15) is 0 Å². The van der Waals surface area contributed by atoms with Crippen molar-refractivity contribution in [1.29, 1.82) is 0 Å². The summed E-state index contributed by atoms with van der Waals surface area (Å²) in [5.74, 6) is -0.935. The van der Waals surface area contributed by atoms with Crippen LogP contribution in [0.5, 0.6) is 0 Å². The van der Waals surface area contributed by atoms with Gasteiger partial charge in [0.25, 0.3) is 0 Å². The van der Waals surface area contributed by atoms with Gasteiger partial charge in [-0.3, -0.25) is 14.6 Å². The number of pyridine rings is 1. The molecule has 0 aliphatic heterocycles. The first-order valence-electron chi connectivity index (χ1n) is 5.54. The summed E-state index contributed by atoms with van der Waals surface area (Å²) >= 11 is 1.38. The van der Waals surface area contributed by atoms with E-state index in [1.54, 1.807) is 26.2 Å². The average Bonchev–Trinajstić information content (AvgIpc) is 2.34. The number of thioether (sulfide) groups is 1. The van der Waals surface area contributed by atoms with Crippen molar-refractivity contribution >= 4 is 23.6 Å². The van der Waals surface area contributed by atoms with E-state index in [-0.39, 0.29) is 24.2 Å². The Bertz CT molecular complexity index is 409. The van der Waals surface area contributed by atoms with E-state index in [1.807, 2.05) is 12.1 Å². The maximum absolute atomic E-state index is 11.9. The molecule has 0 fully saturated rings. The zero-order valence-electron chi connectivity index (χ0n) is 10.4. The monoisotopic (exact) mass is 268 g/mol. The highest BCUT2D eigenvalue weighted by molar-refractivity contribution is 8.00. The number of hydrogen-bond acceptors (Lipinski definition) is 4. The topological polar surface area (TPSA) is 70.5 Å². The molecule has 0 aliphatic rings. The van der Waals surface area contributed by atoms with Crippen LogP contribution in [0.3, 0.4) is 0 Å². The second kappa shape index (κ2) is 7.00. The number of hydrogen-bond donors (Lipinski definition) is 1. The number of aromatic nitrogens is 1. The molecule has 98 valence electrons. The van der Waals surface area contributed by atoms with Crippen LogP contribution in [0.15, 0.2) is 29.4 Å². The minimum Gasteiger partial charge on any atom is -0.480 e. The number of carboxylic acid groups (broad SMARTS) is 1. The molecule has 1 amide bonds. The summed E-state index contributed by atoms with van der Waals surface area (Å²) in [4.78, 5) is 28.8. The Labute approximate surface area is 110 Å². The Balaban J connectivity index is 2.54. The zero-order valence-corrected chi connectivity index (χ0v) is 11.2. The summed E-state index contributed by atoms with van der Waals surface area (Å²) in [6.45, 7) is 3.35. The van der Waals surface area contributed by atoms with Crippen LogP contribution in [0.4, 0.5) is 0 Å². The molecule has 0 radical (unpaired) electrons. The molecular weight excluding hydrogens is 252 g/mol. The smallest absolute Gasteiger partial charge is 0.323 e. The van der Waals surface area contributed by atoms with Crippen LogP contribution in [-0.2, 0) is 9.59 Å². The molecule has 18 heavy (non-hydrogen) atoms. The molecule has 0 atom stereocenters. The van der Waals surface area contributed by atoms with E-state index in [4.69, 9.17) is 5.11 Å². The second-order valence-corrected chi connectivity index (χ2v) is 5.03. The van der Waals surface area contributed by atoms with E-state index >= 15 is 0 Å². The maximum atomic E-state index is 11.9. The third-order valence-corrected chi connectivity index (χ3v) is 3.26. The van der Waals surface area contributed by atoms with Gasteiger partial charge in [0.1, 0.15) is 6.54 Å². The molecule has 0 unspecified atom stereocenters. The first kappa shape index (κ1) is 14.5. The lowest BCUT2D eigenvalue weighted by molar-refractivity contribution is -0.144. The SMILES string of the molecule is CC(C)N(CC(=O)O)C(=O)CSc1ccncc1. The number of aliphatic carboxylic acids is 1. The Morgan fingerprint density at radius 3 is 2.50 bits per heavy atom. The van der Waals surface area contributed by atoms with Crippen LogP contribution in [0.1, 0.15) is 13.8 Å². The standard InChI is InChI=1S/C12H16N2O3S/c1-9(2)14(7-12(16)17)11(15)8-18-10-3-5-13-6-4-10/h3-6,9H,7-8H2,1-2H3,(H,16,17). The van der Waals surface area contributed by atoms with Gasteiger partial charge in [-0.15, -0.1) is 11.8 Å². The molecule has 0 aliphatic carbocycles. The van der Waals surface area contributed by atoms with Gasteiger partial charge >= 0.3 is 5.97 Å². The molecule has 6 heteroatoms. The third kappa shape index (κ3) is 4.75. The maximum Gasteiger partial charge on any atom is 0.323 e. The zero-order chi connectivity index (χ0) is 13.5. The van der Waals surface area contributed by atoms with Gasteiger partial charge in [0, 0.05) is 23.3 Å². The van der Waals surface area contributed by atoms with Crippen LogP contribution >= 0.6 is 11.8 Å². The number of carbonyl (C=O) groups is 2. The molecule has 0 spiro atoms. The molecule has 5 nitrogen and oxygen atoms in total. The molecule has 1 aromatic heterocycles. The van der Waals surface area contributed by atoms with Crippen LogP contribution in [0, 0.1) is 0 Å². The molecule has 0 bridgehead atoms. The van der Waals surface area contributed by atoms with Crippen molar-refractivity contribution in [1.82, 2.24) is 9.88 Å². The van der Waals surface area contributed by atoms with E-state index in [2.05, 4.69) is 4.98 Å². The molecule has 0 aromatic carbocycles. The van der Waals surface area contributed by atoms with Crippen molar-refractivity contribution < 1.29 is 14.7 Å². The molecular formula is C12H16N2O3S. The molecule has 0 saturated carbocycles.